The molecule has 0 spiro atoms. The van der Waals surface area contributed by atoms with E-state index >= 15 is 0 Å². The van der Waals surface area contributed by atoms with Gasteiger partial charge >= 0.3 is 0 Å². The molecule has 5 heteroatoms. The van der Waals surface area contributed by atoms with E-state index in [9.17, 15) is 10.2 Å². The van der Waals surface area contributed by atoms with E-state index < -0.39 is 0 Å². The molecule has 4 rings (SSSR count). The Morgan fingerprint density at radius 2 is 1.87 bits per heavy atom. The molecule has 23 heavy (non-hydrogen) atoms. The molecule has 116 valence electrons. The van der Waals surface area contributed by atoms with Crippen molar-refractivity contribution in [2.45, 2.75) is 20.0 Å². The highest BCUT2D eigenvalue weighted by atomic mass is 16.3. The Kier molecular flexibility index (Phi) is 2.84. The van der Waals surface area contributed by atoms with Crippen molar-refractivity contribution in [3.05, 3.63) is 59.3 Å². The first kappa shape index (κ1) is 13.7. The second-order valence-electron chi connectivity index (χ2n) is 5.91. The Hall–Kier alpha value is -2.95. The lowest BCUT2D eigenvalue weighted by Crippen LogP contribution is -2.26. The van der Waals surface area contributed by atoms with Gasteiger partial charge in [0.05, 0.1) is 11.4 Å². The minimum Gasteiger partial charge on any atom is -0.504 e. The number of aromatic nitrogens is 2. The quantitative estimate of drug-likeness (QED) is 0.601. The summed E-state index contributed by atoms with van der Waals surface area (Å²) in [5.74, 6) is -0.261. The van der Waals surface area contributed by atoms with Crippen LogP contribution in [0.2, 0.25) is 0 Å². The first-order valence-corrected chi connectivity index (χ1v) is 7.49. The van der Waals surface area contributed by atoms with Gasteiger partial charge in [-0.15, -0.1) is 0 Å². The summed E-state index contributed by atoms with van der Waals surface area (Å²) < 4.78 is 1.92. The lowest BCUT2D eigenvalue weighted by Gasteiger charge is -2.30. The molecule has 0 saturated heterocycles. The van der Waals surface area contributed by atoms with Crippen molar-refractivity contribution in [1.82, 2.24) is 9.78 Å². The summed E-state index contributed by atoms with van der Waals surface area (Å²) in [6, 6.07) is 13.1. The fraction of sp³-hybridized carbons (Fsp3) is 0.167. The van der Waals surface area contributed by atoms with Crippen molar-refractivity contribution in [1.29, 1.82) is 0 Å². The maximum atomic E-state index is 9.83. The number of nitrogens with zero attached hydrogens (tertiary/aromatic N) is 2. The zero-order valence-corrected chi connectivity index (χ0v) is 12.9. The molecule has 3 N–H and O–H groups in total. The number of hydrogen-bond acceptors (Lipinski definition) is 4. The van der Waals surface area contributed by atoms with E-state index in [0.717, 1.165) is 33.8 Å². The lowest BCUT2D eigenvalue weighted by molar-refractivity contribution is 0.402. The molecule has 3 aromatic rings. The molecule has 1 aliphatic rings. The van der Waals surface area contributed by atoms with E-state index in [4.69, 9.17) is 0 Å². The first-order chi connectivity index (χ1) is 11.0. The van der Waals surface area contributed by atoms with Crippen molar-refractivity contribution in [3.8, 4) is 22.8 Å². The molecule has 0 saturated carbocycles. The summed E-state index contributed by atoms with van der Waals surface area (Å²) in [6.07, 6.45) is -0.237. The van der Waals surface area contributed by atoms with Gasteiger partial charge in [-0.25, -0.2) is 4.68 Å². The number of hydrogen-bond donors (Lipinski definition) is 3. The van der Waals surface area contributed by atoms with Crippen LogP contribution in [0.25, 0.3) is 11.3 Å². The van der Waals surface area contributed by atoms with E-state index in [-0.39, 0.29) is 17.7 Å². The van der Waals surface area contributed by atoms with E-state index in [1.54, 1.807) is 12.1 Å². The number of phenolic OH excluding ortho intramolecular Hbond substituents is 2. The van der Waals surface area contributed by atoms with Crippen LogP contribution in [0.5, 0.6) is 11.5 Å². The minimum atomic E-state index is -0.237. The smallest absolute Gasteiger partial charge is 0.157 e. The maximum absolute atomic E-state index is 9.83. The van der Waals surface area contributed by atoms with E-state index in [2.05, 4.69) is 35.5 Å². The number of rotatable bonds is 1. The third-order valence-corrected chi connectivity index (χ3v) is 4.25. The minimum absolute atomic E-state index is 0.127. The fourth-order valence-corrected chi connectivity index (χ4v) is 3.12. The molecule has 5 nitrogen and oxygen atoms in total. The number of para-hydroxylation sites is 1. The van der Waals surface area contributed by atoms with Crippen LogP contribution in [0.3, 0.4) is 0 Å². The van der Waals surface area contributed by atoms with Crippen molar-refractivity contribution in [2.75, 3.05) is 5.32 Å². The predicted octanol–water partition coefficient (Wildman–Crippen LogP) is 3.55. The van der Waals surface area contributed by atoms with Gasteiger partial charge in [0.2, 0.25) is 0 Å². The average Bonchev–Trinajstić information content (AvgIpc) is 2.91. The third-order valence-electron chi connectivity index (χ3n) is 4.25. The fourth-order valence-electron chi connectivity index (χ4n) is 3.12. The number of benzene rings is 2. The van der Waals surface area contributed by atoms with Crippen molar-refractivity contribution >= 4 is 5.69 Å². The highest BCUT2D eigenvalue weighted by Crippen LogP contribution is 2.41. The Labute approximate surface area is 133 Å². The molecule has 2 aromatic carbocycles. The summed E-state index contributed by atoms with van der Waals surface area (Å²) in [6.45, 7) is 4.03. The molecular formula is C18H17N3O2. The number of aromatic hydroxyl groups is 2. The van der Waals surface area contributed by atoms with Crippen LogP contribution >= 0.6 is 0 Å². The maximum Gasteiger partial charge on any atom is 0.157 e. The Bertz CT molecular complexity index is 915. The Morgan fingerprint density at radius 3 is 2.65 bits per heavy atom. The predicted molar refractivity (Wildman–Crippen MR) is 88.7 cm³/mol. The number of nitrogens with one attached hydrogen (secondary N) is 1. The first-order valence-electron chi connectivity index (χ1n) is 7.49. The average molecular weight is 307 g/mol. The number of aryl methyl sites for hydroxylation is 2. The normalized spacial score (nSPS) is 15.7. The second kappa shape index (κ2) is 4.78. The summed E-state index contributed by atoms with van der Waals surface area (Å²) >= 11 is 0. The van der Waals surface area contributed by atoms with Gasteiger partial charge < -0.3 is 15.5 Å². The van der Waals surface area contributed by atoms with E-state index in [1.807, 2.05) is 17.7 Å². The van der Waals surface area contributed by atoms with Crippen LogP contribution < -0.4 is 5.32 Å². The van der Waals surface area contributed by atoms with Crippen LogP contribution in [0, 0.1) is 13.8 Å². The van der Waals surface area contributed by atoms with Gasteiger partial charge in [-0.3, -0.25) is 0 Å². The highest BCUT2D eigenvalue weighted by molar-refractivity contribution is 5.81. The summed E-state index contributed by atoms with van der Waals surface area (Å²) in [5.41, 5.74) is 6.14. The van der Waals surface area contributed by atoms with Crippen molar-refractivity contribution in [2.24, 2.45) is 0 Å². The van der Waals surface area contributed by atoms with Gasteiger partial charge in [0.1, 0.15) is 6.17 Å². The molecule has 1 atom stereocenters. The largest absolute Gasteiger partial charge is 0.504 e. The Balaban J connectivity index is 1.93. The third kappa shape index (κ3) is 2.04. The molecule has 1 aromatic heterocycles. The molecule has 0 radical (unpaired) electrons. The van der Waals surface area contributed by atoms with Gasteiger partial charge in [0.25, 0.3) is 0 Å². The molecule has 0 aliphatic carbocycles. The molecule has 1 aliphatic heterocycles. The number of anilines is 1. The van der Waals surface area contributed by atoms with Gasteiger partial charge in [0.15, 0.2) is 11.5 Å². The van der Waals surface area contributed by atoms with E-state index in [0.29, 0.717) is 0 Å². The standard InChI is InChI=1S/C18H17N3O2/c1-10-4-3-5-13-14-8-11(2)20-21(14)18(19-17(10)13)12-6-7-15(22)16(23)9-12/h3-9,18-19,22-23H,1-2H3. The van der Waals surface area contributed by atoms with Crippen molar-refractivity contribution < 1.29 is 10.2 Å². The van der Waals surface area contributed by atoms with Gasteiger partial charge in [-0.2, -0.15) is 5.10 Å². The molecule has 1 unspecified atom stereocenters. The zero-order chi connectivity index (χ0) is 16.1. The van der Waals surface area contributed by atoms with Crippen molar-refractivity contribution in [3.63, 3.8) is 0 Å². The van der Waals surface area contributed by atoms with E-state index in [1.165, 1.54) is 6.07 Å². The summed E-state index contributed by atoms with van der Waals surface area (Å²) in [4.78, 5) is 0. The molecular weight excluding hydrogens is 290 g/mol. The summed E-state index contributed by atoms with van der Waals surface area (Å²) in [5, 5.41) is 27.5. The topological polar surface area (TPSA) is 70.3 Å². The van der Waals surface area contributed by atoms with Crippen LogP contribution in [-0.4, -0.2) is 20.0 Å². The number of fused-ring (bicyclic) bond motifs is 3. The van der Waals surface area contributed by atoms with Gasteiger partial charge in [0, 0.05) is 16.8 Å². The Morgan fingerprint density at radius 1 is 1.04 bits per heavy atom. The molecule has 0 fully saturated rings. The van der Waals surface area contributed by atoms with Crippen LogP contribution in [0.15, 0.2) is 42.5 Å². The monoisotopic (exact) mass is 307 g/mol. The molecule has 0 bridgehead atoms. The number of phenols is 2. The lowest BCUT2D eigenvalue weighted by atomic mass is 10.0. The second-order valence-corrected chi connectivity index (χ2v) is 5.91. The summed E-state index contributed by atoms with van der Waals surface area (Å²) in [7, 11) is 0. The van der Waals surface area contributed by atoms with Crippen LogP contribution in [0.1, 0.15) is 23.0 Å². The molecule has 0 amide bonds. The molecule has 2 heterocycles. The highest BCUT2D eigenvalue weighted by Gasteiger charge is 2.27. The van der Waals surface area contributed by atoms with Crippen LogP contribution in [-0.2, 0) is 0 Å². The van der Waals surface area contributed by atoms with Crippen LogP contribution in [0.4, 0.5) is 5.69 Å². The zero-order valence-electron chi connectivity index (χ0n) is 12.9. The van der Waals surface area contributed by atoms with Gasteiger partial charge in [-0.05, 0) is 37.6 Å². The van der Waals surface area contributed by atoms with Gasteiger partial charge in [-0.1, -0.05) is 24.3 Å². The SMILES string of the molecule is Cc1cc2n(n1)C(c1ccc(O)c(O)c1)Nc1c(C)cccc1-2.